The average molecular weight is 186 g/mol. The van der Waals surface area contributed by atoms with Crippen LogP contribution in [0.3, 0.4) is 0 Å². The zero-order valence-corrected chi connectivity index (χ0v) is 5.53. The van der Waals surface area contributed by atoms with Crippen molar-refractivity contribution in [3.8, 4) is 0 Å². The summed E-state index contributed by atoms with van der Waals surface area (Å²) in [6.07, 6.45) is 1.60. The van der Waals surface area contributed by atoms with E-state index in [-0.39, 0.29) is 44.3 Å². The zero-order valence-electron chi connectivity index (χ0n) is 5.53. The van der Waals surface area contributed by atoms with Crippen molar-refractivity contribution in [2.24, 2.45) is 0 Å². The third-order valence-corrected chi connectivity index (χ3v) is 0.649. The number of rotatable bonds is 3. The molecule has 5 heteroatoms. The van der Waals surface area contributed by atoms with E-state index in [0.29, 0.717) is 0 Å². The number of hydrogen-bond acceptors (Lipinski definition) is 3. The summed E-state index contributed by atoms with van der Waals surface area (Å²) in [5.74, 6) is -1.79. The normalized spacial score (nSPS) is 8.82. The fourth-order valence-corrected chi connectivity index (χ4v) is 0.330. The molecule has 0 amide bonds. The molecule has 4 nitrogen and oxygen atoms in total. The molecule has 0 aromatic heterocycles. The van der Waals surface area contributed by atoms with Gasteiger partial charge >= 0.3 is 49.7 Å². The van der Waals surface area contributed by atoms with Crippen LogP contribution in [0.25, 0.3) is 0 Å². The summed E-state index contributed by atoms with van der Waals surface area (Å²) in [6.45, 7) is 1.90. The van der Waals surface area contributed by atoms with E-state index in [9.17, 15) is 9.59 Å². The first-order chi connectivity index (χ1) is 4.66. The third kappa shape index (κ3) is 9.94. The standard InChI is InChI=1S/C6H8O4.Ca.2H/c1-2-10-6(9)4-3-5(7)8;;;/h3-4H,2H2,1H3,(H,7,8);;;/b4-3-;;;. The van der Waals surface area contributed by atoms with Gasteiger partial charge in [-0.2, -0.15) is 0 Å². The van der Waals surface area contributed by atoms with Crippen LogP contribution in [0.15, 0.2) is 12.2 Å². The third-order valence-electron chi connectivity index (χ3n) is 0.649. The fourth-order valence-electron chi connectivity index (χ4n) is 0.330. The summed E-state index contributed by atoms with van der Waals surface area (Å²) in [5, 5.41) is 8.04. The molecular weight excluding hydrogens is 176 g/mol. The maximum atomic E-state index is 10.4. The number of carbonyl (C=O) groups excluding carboxylic acids is 1. The van der Waals surface area contributed by atoms with E-state index in [1.165, 1.54) is 0 Å². The Morgan fingerprint density at radius 3 is 2.36 bits per heavy atom. The molecule has 11 heavy (non-hydrogen) atoms. The second kappa shape index (κ2) is 8.04. The Hall–Kier alpha value is -0.0603. The van der Waals surface area contributed by atoms with Crippen molar-refractivity contribution in [3.63, 3.8) is 0 Å². The van der Waals surface area contributed by atoms with Gasteiger partial charge in [0, 0.05) is 12.2 Å². The number of carboxylic acid groups (broad SMARTS) is 1. The molecule has 0 spiro atoms. The fraction of sp³-hybridized carbons (Fsp3) is 0.333. The van der Waals surface area contributed by atoms with Crippen LogP contribution in [0, 0.1) is 0 Å². The molecule has 0 saturated carbocycles. The van der Waals surface area contributed by atoms with Crippen molar-refractivity contribution in [2.75, 3.05) is 6.61 Å². The van der Waals surface area contributed by atoms with Gasteiger partial charge in [-0.3, -0.25) is 0 Å². The van der Waals surface area contributed by atoms with E-state index >= 15 is 0 Å². The Labute approximate surface area is 94.2 Å². The van der Waals surface area contributed by atoms with Gasteiger partial charge in [0.15, 0.2) is 0 Å². The second-order valence-electron chi connectivity index (χ2n) is 1.42. The predicted octanol–water partition coefficient (Wildman–Crippen LogP) is -0.726. The van der Waals surface area contributed by atoms with Gasteiger partial charge in [-0.05, 0) is 6.92 Å². The quantitative estimate of drug-likeness (QED) is 0.359. The Morgan fingerprint density at radius 1 is 1.45 bits per heavy atom. The van der Waals surface area contributed by atoms with Crippen LogP contribution in [-0.4, -0.2) is 61.4 Å². The number of aliphatic carboxylic acids is 1. The average Bonchev–Trinajstić information content (AvgIpc) is 1.85. The Balaban J connectivity index is 0. The van der Waals surface area contributed by atoms with Gasteiger partial charge in [0.05, 0.1) is 6.61 Å². The van der Waals surface area contributed by atoms with Crippen molar-refractivity contribution in [3.05, 3.63) is 12.2 Å². The van der Waals surface area contributed by atoms with Crippen LogP contribution in [0.4, 0.5) is 0 Å². The summed E-state index contributed by atoms with van der Waals surface area (Å²) in [5.41, 5.74) is 0. The first-order valence-corrected chi connectivity index (χ1v) is 2.74. The van der Waals surface area contributed by atoms with Crippen LogP contribution in [0.2, 0.25) is 0 Å². The Morgan fingerprint density at radius 2 is 2.00 bits per heavy atom. The van der Waals surface area contributed by atoms with Gasteiger partial charge in [0.25, 0.3) is 0 Å². The van der Waals surface area contributed by atoms with E-state index in [4.69, 9.17) is 5.11 Å². The van der Waals surface area contributed by atoms with Crippen LogP contribution in [-0.2, 0) is 14.3 Å². The number of hydrogen-bond donors (Lipinski definition) is 1. The van der Waals surface area contributed by atoms with Gasteiger partial charge in [-0.15, -0.1) is 0 Å². The van der Waals surface area contributed by atoms with E-state index in [2.05, 4.69) is 4.74 Å². The molecule has 0 fully saturated rings. The van der Waals surface area contributed by atoms with E-state index in [0.717, 1.165) is 12.2 Å². The van der Waals surface area contributed by atoms with Gasteiger partial charge in [-0.25, -0.2) is 9.59 Å². The molecule has 60 valence electrons. The molecule has 0 unspecified atom stereocenters. The number of ether oxygens (including phenoxy) is 1. The molecule has 0 bridgehead atoms. The van der Waals surface area contributed by atoms with Gasteiger partial charge in [-0.1, -0.05) is 0 Å². The van der Waals surface area contributed by atoms with Crippen molar-refractivity contribution in [2.45, 2.75) is 6.92 Å². The molecule has 0 atom stereocenters. The van der Waals surface area contributed by atoms with Crippen molar-refractivity contribution in [1.82, 2.24) is 0 Å². The second-order valence-corrected chi connectivity index (χ2v) is 1.42. The molecule has 0 aliphatic rings. The number of esters is 1. The molecule has 0 aliphatic heterocycles. The Bertz CT molecular complexity index is 164. The minimum absolute atomic E-state index is 0. The first-order valence-electron chi connectivity index (χ1n) is 2.74. The molecule has 0 aliphatic carbocycles. The summed E-state index contributed by atoms with van der Waals surface area (Å²) in [4.78, 5) is 20.2. The van der Waals surface area contributed by atoms with Crippen molar-refractivity contribution >= 4 is 49.7 Å². The summed E-state index contributed by atoms with van der Waals surface area (Å²) in [7, 11) is 0. The summed E-state index contributed by atoms with van der Waals surface area (Å²) in [6, 6.07) is 0. The Kier molecular flexibility index (Phi) is 9.89. The van der Waals surface area contributed by atoms with Gasteiger partial charge in [0.1, 0.15) is 0 Å². The summed E-state index contributed by atoms with van der Waals surface area (Å²) >= 11 is 0. The molecule has 0 rings (SSSR count). The van der Waals surface area contributed by atoms with Crippen LogP contribution in [0.5, 0.6) is 0 Å². The maximum absolute atomic E-state index is 10.4. The number of carbonyl (C=O) groups is 2. The zero-order chi connectivity index (χ0) is 7.98. The SMILES string of the molecule is CCOC(=O)/C=C\C(=O)O.[CaH2]. The topological polar surface area (TPSA) is 63.6 Å². The van der Waals surface area contributed by atoms with Crippen molar-refractivity contribution in [1.29, 1.82) is 0 Å². The van der Waals surface area contributed by atoms with Crippen LogP contribution < -0.4 is 0 Å². The molecular formula is C6H10CaO4. The van der Waals surface area contributed by atoms with E-state index in [1.807, 2.05) is 0 Å². The molecule has 0 radical (unpaired) electrons. The molecule has 0 saturated heterocycles. The van der Waals surface area contributed by atoms with Gasteiger partial charge < -0.3 is 9.84 Å². The van der Waals surface area contributed by atoms with Crippen molar-refractivity contribution < 1.29 is 19.4 Å². The van der Waals surface area contributed by atoms with E-state index in [1.54, 1.807) is 6.92 Å². The molecule has 0 aromatic rings. The number of carboxylic acids is 1. The molecule has 1 N–H and O–H groups in total. The van der Waals surface area contributed by atoms with E-state index < -0.39 is 11.9 Å². The predicted molar refractivity (Wildman–Crippen MR) is 42.0 cm³/mol. The minimum atomic E-state index is -1.16. The molecule has 0 aromatic carbocycles. The first kappa shape index (κ1) is 13.5. The van der Waals surface area contributed by atoms with Crippen LogP contribution in [0.1, 0.15) is 6.92 Å². The molecule has 0 heterocycles. The summed E-state index contributed by atoms with van der Waals surface area (Å²) < 4.78 is 4.40. The van der Waals surface area contributed by atoms with Crippen LogP contribution >= 0.6 is 0 Å². The van der Waals surface area contributed by atoms with Gasteiger partial charge in [0.2, 0.25) is 0 Å². The monoisotopic (exact) mass is 186 g/mol.